The molecular weight excluding hydrogens is 508 g/mol. The molecule has 0 fully saturated rings. The predicted molar refractivity (Wildman–Crippen MR) is 149 cm³/mol. The van der Waals surface area contributed by atoms with Gasteiger partial charge >= 0.3 is 5.97 Å². The summed E-state index contributed by atoms with van der Waals surface area (Å²) in [6.07, 6.45) is 2.30. The van der Waals surface area contributed by atoms with Crippen molar-refractivity contribution in [2.24, 2.45) is 0 Å². The summed E-state index contributed by atoms with van der Waals surface area (Å²) in [7, 11) is 0. The second-order valence-corrected chi connectivity index (χ2v) is 9.76. The largest absolute Gasteiger partial charge is 0.486 e. The molecule has 1 unspecified atom stereocenters. The molecule has 1 aliphatic rings. The number of nitrogens with zero attached hydrogens (tertiary/aromatic N) is 1. The standard InChI is InChI=1S/C31H29F2NO3.ClH/c1-19(24-12-6-9-21-8-3-4-11-25(21)24)7-5-10-23-18-34(27-17-22(32)14-16-28(27)37-23)26-15-13-20(2)29(30(26)33)31(35)36;/h3-4,6,8-9,11-17,19,23H,5,7,10,18H2,1-2H3,(H,35,36);1H/t19-,23?;/m0./s1. The summed E-state index contributed by atoms with van der Waals surface area (Å²) >= 11 is 0. The summed E-state index contributed by atoms with van der Waals surface area (Å²) < 4.78 is 35.7. The Kier molecular flexibility index (Phi) is 8.22. The van der Waals surface area contributed by atoms with Crippen LogP contribution in [0.3, 0.4) is 0 Å². The number of aryl methyl sites for hydroxylation is 1. The van der Waals surface area contributed by atoms with Crippen LogP contribution in [-0.4, -0.2) is 23.7 Å². The molecule has 4 aromatic carbocycles. The van der Waals surface area contributed by atoms with E-state index in [1.807, 2.05) is 6.07 Å². The number of carbonyl (C=O) groups is 1. The Morgan fingerprint density at radius 3 is 2.61 bits per heavy atom. The number of hydrogen-bond acceptors (Lipinski definition) is 3. The quantitative estimate of drug-likeness (QED) is 0.257. The van der Waals surface area contributed by atoms with Crippen LogP contribution in [0.1, 0.15) is 53.6 Å². The summed E-state index contributed by atoms with van der Waals surface area (Å²) in [6.45, 7) is 4.07. The monoisotopic (exact) mass is 537 g/mol. The Labute approximate surface area is 227 Å². The number of anilines is 2. The van der Waals surface area contributed by atoms with Crippen LogP contribution in [0.25, 0.3) is 10.8 Å². The van der Waals surface area contributed by atoms with Gasteiger partial charge in [0.25, 0.3) is 0 Å². The zero-order valence-corrected chi connectivity index (χ0v) is 22.1. The maximum atomic E-state index is 15.4. The Morgan fingerprint density at radius 2 is 1.82 bits per heavy atom. The van der Waals surface area contributed by atoms with Gasteiger partial charge in [0.15, 0.2) is 5.82 Å². The third-order valence-electron chi connectivity index (χ3n) is 7.24. The Morgan fingerprint density at radius 1 is 1.05 bits per heavy atom. The number of benzene rings is 4. The molecule has 5 rings (SSSR count). The van der Waals surface area contributed by atoms with Crippen LogP contribution in [0.4, 0.5) is 20.2 Å². The number of ether oxygens (including phenoxy) is 1. The average molecular weight is 538 g/mol. The number of fused-ring (bicyclic) bond motifs is 2. The fraction of sp³-hybridized carbons (Fsp3) is 0.258. The normalized spacial score (nSPS) is 15.4. The van der Waals surface area contributed by atoms with E-state index in [1.54, 1.807) is 30.0 Å². The van der Waals surface area contributed by atoms with E-state index in [-0.39, 0.29) is 36.3 Å². The lowest BCUT2D eigenvalue weighted by atomic mass is 9.90. The molecule has 0 bridgehead atoms. The van der Waals surface area contributed by atoms with Crippen molar-refractivity contribution in [3.63, 3.8) is 0 Å². The van der Waals surface area contributed by atoms with Crippen LogP contribution in [0, 0.1) is 18.6 Å². The van der Waals surface area contributed by atoms with Crippen molar-refractivity contribution in [1.29, 1.82) is 0 Å². The minimum Gasteiger partial charge on any atom is -0.486 e. The first-order chi connectivity index (χ1) is 17.8. The lowest BCUT2D eigenvalue weighted by molar-refractivity contribution is 0.0691. The lowest BCUT2D eigenvalue weighted by Crippen LogP contribution is -2.38. The highest BCUT2D eigenvalue weighted by atomic mass is 35.5. The Bertz CT molecular complexity index is 1470. The maximum Gasteiger partial charge on any atom is 0.339 e. The minimum absolute atomic E-state index is 0. The van der Waals surface area contributed by atoms with Crippen LogP contribution in [0.15, 0.2) is 72.8 Å². The first kappa shape index (κ1) is 27.4. The molecule has 1 heterocycles. The third kappa shape index (κ3) is 5.32. The predicted octanol–water partition coefficient (Wildman–Crippen LogP) is 8.42. The van der Waals surface area contributed by atoms with Crippen LogP contribution >= 0.6 is 12.4 Å². The van der Waals surface area contributed by atoms with Crippen LogP contribution in [0.5, 0.6) is 5.75 Å². The first-order valence-electron chi connectivity index (χ1n) is 12.6. The molecule has 0 spiro atoms. The van der Waals surface area contributed by atoms with Crippen molar-refractivity contribution < 1.29 is 23.4 Å². The molecule has 7 heteroatoms. The molecule has 0 aliphatic carbocycles. The van der Waals surface area contributed by atoms with Crippen molar-refractivity contribution in [2.45, 2.75) is 45.1 Å². The average Bonchev–Trinajstić information content (AvgIpc) is 2.88. The SMILES string of the molecule is Cc1ccc(N2CC(CCC[C@H](C)c3cccc4ccccc34)Oc3ccc(F)cc32)c(F)c1C(=O)O.Cl. The molecule has 0 radical (unpaired) electrons. The smallest absolute Gasteiger partial charge is 0.339 e. The van der Waals surface area contributed by atoms with Gasteiger partial charge in [-0.05, 0) is 72.2 Å². The molecule has 0 saturated heterocycles. The van der Waals surface area contributed by atoms with E-state index in [0.717, 1.165) is 19.3 Å². The first-order valence-corrected chi connectivity index (χ1v) is 12.6. The maximum absolute atomic E-state index is 15.4. The van der Waals surface area contributed by atoms with E-state index in [4.69, 9.17) is 4.74 Å². The molecule has 4 aromatic rings. The van der Waals surface area contributed by atoms with E-state index in [9.17, 15) is 14.3 Å². The van der Waals surface area contributed by atoms with Crippen LogP contribution < -0.4 is 9.64 Å². The fourth-order valence-corrected chi connectivity index (χ4v) is 5.32. The van der Waals surface area contributed by atoms with Crippen molar-refractivity contribution in [3.05, 3.63) is 101 Å². The van der Waals surface area contributed by atoms with E-state index < -0.39 is 17.6 Å². The van der Waals surface area contributed by atoms with Crippen molar-refractivity contribution in [1.82, 2.24) is 0 Å². The van der Waals surface area contributed by atoms with E-state index in [2.05, 4.69) is 43.3 Å². The molecule has 0 saturated carbocycles. The Hall–Kier alpha value is -3.64. The van der Waals surface area contributed by atoms with E-state index in [0.29, 0.717) is 22.9 Å². The van der Waals surface area contributed by atoms with Gasteiger partial charge in [-0.25, -0.2) is 13.6 Å². The number of carboxylic acids is 1. The molecule has 4 nitrogen and oxygen atoms in total. The molecule has 1 N–H and O–H groups in total. The third-order valence-corrected chi connectivity index (χ3v) is 7.24. The Balaban J connectivity index is 0.00000336. The van der Waals surface area contributed by atoms with Gasteiger partial charge in [-0.15, -0.1) is 12.4 Å². The van der Waals surface area contributed by atoms with Gasteiger partial charge in [-0.1, -0.05) is 55.5 Å². The van der Waals surface area contributed by atoms with Crippen LogP contribution in [-0.2, 0) is 0 Å². The zero-order valence-electron chi connectivity index (χ0n) is 21.3. The van der Waals surface area contributed by atoms with Gasteiger partial charge in [0.05, 0.1) is 17.9 Å². The van der Waals surface area contributed by atoms with Gasteiger partial charge in [-0.3, -0.25) is 0 Å². The second kappa shape index (κ2) is 11.4. The zero-order chi connectivity index (χ0) is 26.1. The summed E-state index contributed by atoms with van der Waals surface area (Å²) in [5, 5.41) is 12.0. The lowest BCUT2D eigenvalue weighted by Gasteiger charge is -2.37. The van der Waals surface area contributed by atoms with E-state index in [1.165, 1.54) is 28.5 Å². The molecule has 38 heavy (non-hydrogen) atoms. The van der Waals surface area contributed by atoms with Crippen molar-refractivity contribution in [2.75, 3.05) is 11.4 Å². The molecule has 0 amide bonds. The summed E-state index contributed by atoms with van der Waals surface area (Å²) in [6, 6.07) is 22.1. The number of hydrogen-bond donors (Lipinski definition) is 1. The van der Waals surface area contributed by atoms with Gasteiger partial charge in [0, 0.05) is 6.07 Å². The second-order valence-electron chi connectivity index (χ2n) is 9.76. The fourth-order valence-electron chi connectivity index (χ4n) is 5.32. The highest BCUT2D eigenvalue weighted by Gasteiger charge is 2.30. The highest BCUT2D eigenvalue weighted by Crippen LogP contribution is 2.41. The number of aromatic carboxylic acids is 1. The van der Waals surface area contributed by atoms with Gasteiger partial charge < -0.3 is 14.7 Å². The van der Waals surface area contributed by atoms with Gasteiger partial charge in [0.2, 0.25) is 0 Å². The summed E-state index contributed by atoms with van der Waals surface area (Å²) in [5.74, 6) is -1.83. The van der Waals surface area contributed by atoms with Gasteiger partial charge in [0.1, 0.15) is 23.2 Å². The van der Waals surface area contributed by atoms with Gasteiger partial charge in [-0.2, -0.15) is 0 Å². The minimum atomic E-state index is -1.33. The molecular formula is C31H30ClF2NO3. The molecule has 1 aliphatic heterocycles. The molecule has 0 aromatic heterocycles. The topological polar surface area (TPSA) is 49.8 Å². The van der Waals surface area contributed by atoms with E-state index >= 15 is 4.39 Å². The summed E-state index contributed by atoms with van der Waals surface area (Å²) in [4.78, 5) is 13.3. The number of halogens is 3. The number of carboxylic acid groups (broad SMARTS) is 1. The summed E-state index contributed by atoms with van der Waals surface area (Å²) in [5.41, 5.74) is 1.77. The molecule has 2 atom stereocenters. The highest BCUT2D eigenvalue weighted by molar-refractivity contribution is 5.92. The number of rotatable bonds is 7. The van der Waals surface area contributed by atoms with Crippen molar-refractivity contribution >= 4 is 40.5 Å². The van der Waals surface area contributed by atoms with Crippen molar-refractivity contribution in [3.8, 4) is 5.75 Å². The van der Waals surface area contributed by atoms with Crippen LogP contribution in [0.2, 0.25) is 0 Å². The molecule has 198 valence electrons.